The van der Waals surface area contributed by atoms with Gasteiger partial charge in [0.1, 0.15) is 11.9 Å². The Morgan fingerprint density at radius 1 is 1.16 bits per heavy atom. The lowest BCUT2D eigenvalue weighted by Crippen LogP contribution is -2.43. The van der Waals surface area contributed by atoms with Gasteiger partial charge < -0.3 is 15.0 Å². The van der Waals surface area contributed by atoms with E-state index in [1.807, 2.05) is 24.3 Å². The molecule has 0 aliphatic carbocycles. The third kappa shape index (κ3) is 3.52. The number of aromatic amines is 1. The van der Waals surface area contributed by atoms with Gasteiger partial charge in [-0.05, 0) is 23.8 Å². The maximum atomic E-state index is 13.8. The van der Waals surface area contributed by atoms with Gasteiger partial charge in [-0.25, -0.2) is 9.18 Å². The summed E-state index contributed by atoms with van der Waals surface area (Å²) in [5.41, 5.74) is 1.68. The topological polar surface area (TPSA) is 71.2 Å². The Kier molecular flexibility index (Phi) is 4.79. The van der Waals surface area contributed by atoms with Crippen LogP contribution in [0, 0.1) is 5.82 Å². The lowest BCUT2D eigenvalue weighted by Gasteiger charge is -2.16. The number of esters is 1. The van der Waals surface area contributed by atoms with E-state index < -0.39 is 23.7 Å². The van der Waals surface area contributed by atoms with Gasteiger partial charge in [0.25, 0.3) is 5.91 Å². The summed E-state index contributed by atoms with van der Waals surface area (Å²) < 4.78 is 18.6. The summed E-state index contributed by atoms with van der Waals surface area (Å²) in [6.45, 7) is 0. The molecule has 0 spiro atoms. The number of carbonyl (C=O) groups excluding carboxylic acids is 2. The first kappa shape index (κ1) is 16.7. The van der Waals surface area contributed by atoms with Crippen molar-refractivity contribution in [3.8, 4) is 0 Å². The molecule has 1 aromatic heterocycles. The zero-order valence-electron chi connectivity index (χ0n) is 13.6. The summed E-state index contributed by atoms with van der Waals surface area (Å²) in [6, 6.07) is 12.3. The van der Waals surface area contributed by atoms with Crippen molar-refractivity contribution in [3.63, 3.8) is 0 Å². The zero-order valence-corrected chi connectivity index (χ0v) is 13.6. The number of hydrogen-bond acceptors (Lipinski definition) is 3. The number of benzene rings is 2. The van der Waals surface area contributed by atoms with Crippen LogP contribution in [0.25, 0.3) is 10.9 Å². The number of ether oxygens (including phenoxy) is 1. The monoisotopic (exact) mass is 340 g/mol. The van der Waals surface area contributed by atoms with E-state index in [1.54, 1.807) is 12.3 Å². The van der Waals surface area contributed by atoms with E-state index in [4.69, 9.17) is 4.74 Å². The molecule has 25 heavy (non-hydrogen) atoms. The summed E-state index contributed by atoms with van der Waals surface area (Å²) >= 11 is 0. The fourth-order valence-electron chi connectivity index (χ4n) is 2.74. The average Bonchev–Trinajstić information content (AvgIpc) is 3.04. The second-order valence-corrected chi connectivity index (χ2v) is 5.59. The number of para-hydroxylation sites is 1. The van der Waals surface area contributed by atoms with Crippen LogP contribution in [0.3, 0.4) is 0 Å². The molecule has 128 valence electrons. The molecule has 1 atom stereocenters. The van der Waals surface area contributed by atoms with Gasteiger partial charge in [-0.2, -0.15) is 0 Å². The standard InChI is InChI=1S/C19H17FN2O3/c1-25-19(24)17(22-18(23)14-7-2-4-8-15(14)20)10-12-11-21-16-9-5-3-6-13(12)16/h2-9,11,17,21H,10H2,1H3,(H,22,23). The van der Waals surface area contributed by atoms with Crippen molar-refractivity contribution in [3.05, 3.63) is 71.7 Å². The predicted octanol–water partition coefficient (Wildman–Crippen LogP) is 2.82. The van der Waals surface area contributed by atoms with Gasteiger partial charge in [-0.3, -0.25) is 4.79 Å². The number of nitrogens with one attached hydrogen (secondary N) is 2. The molecule has 0 aliphatic rings. The summed E-state index contributed by atoms with van der Waals surface area (Å²) in [6.07, 6.45) is 2.02. The van der Waals surface area contributed by atoms with Gasteiger partial charge in [0.15, 0.2) is 0 Å². The molecular formula is C19H17FN2O3. The molecule has 2 aromatic carbocycles. The van der Waals surface area contributed by atoms with E-state index in [1.165, 1.54) is 25.3 Å². The number of halogens is 1. The summed E-state index contributed by atoms with van der Waals surface area (Å²) in [7, 11) is 1.25. The molecule has 0 bridgehead atoms. The zero-order chi connectivity index (χ0) is 17.8. The highest BCUT2D eigenvalue weighted by Crippen LogP contribution is 2.19. The molecule has 0 aliphatic heterocycles. The van der Waals surface area contributed by atoms with E-state index in [-0.39, 0.29) is 12.0 Å². The Morgan fingerprint density at radius 2 is 1.88 bits per heavy atom. The average molecular weight is 340 g/mol. The van der Waals surface area contributed by atoms with E-state index in [0.29, 0.717) is 0 Å². The maximum absolute atomic E-state index is 13.8. The Balaban J connectivity index is 1.84. The van der Waals surface area contributed by atoms with Gasteiger partial charge in [-0.15, -0.1) is 0 Å². The second-order valence-electron chi connectivity index (χ2n) is 5.59. The van der Waals surface area contributed by atoms with Gasteiger partial charge >= 0.3 is 5.97 Å². The fourth-order valence-corrected chi connectivity index (χ4v) is 2.74. The van der Waals surface area contributed by atoms with Crippen LogP contribution >= 0.6 is 0 Å². The third-order valence-corrected chi connectivity index (χ3v) is 4.01. The molecule has 3 aromatic rings. The Hall–Kier alpha value is -3.15. The summed E-state index contributed by atoms with van der Waals surface area (Å²) in [5.74, 6) is -1.89. The molecule has 1 heterocycles. The van der Waals surface area contributed by atoms with Crippen molar-refractivity contribution in [2.75, 3.05) is 7.11 Å². The highest BCUT2D eigenvalue weighted by Gasteiger charge is 2.24. The van der Waals surface area contributed by atoms with E-state index in [9.17, 15) is 14.0 Å². The van der Waals surface area contributed by atoms with Crippen LogP contribution in [-0.4, -0.2) is 30.0 Å². The molecule has 1 unspecified atom stereocenters. The molecule has 5 nitrogen and oxygen atoms in total. The lowest BCUT2D eigenvalue weighted by molar-refractivity contribution is -0.142. The normalized spacial score (nSPS) is 11.9. The van der Waals surface area contributed by atoms with E-state index in [0.717, 1.165) is 16.5 Å². The Bertz CT molecular complexity index is 920. The van der Waals surface area contributed by atoms with E-state index in [2.05, 4.69) is 10.3 Å². The Morgan fingerprint density at radius 3 is 2.64 bits per heavy atom. The first-order valence-electron chi connectivity index (χ1n) is 7.78. The fraction of sp³-hybridized carbons (Fsp3) is 0.158. The van der Waals surface area contributed by atoms with Crippen LogP contribution in [0.5, 0.6) is 0 Å². The number of amides is 1. The molecule has 1 amide bonds. The third-order valence-electron chi connectivity index (χ3n) is 4.01. The number of H-pyrrole nitrogens is 1. The lowest BCUT2D eigenvalue weighted by atomic mass is 10.0. The molecule has 0 fully saturated rings. The molecule has 3 rings (SSSR count). The van der Waals surface area contributed by atoms with Gasteiger partial charge in [-0.1, -0.05) is 30.3 Å². The largest absolute Gasteiger partial charge is 0.467 e. The molecule has 0 radical (unpaired) electrons. The minimum absolute atomic E-state index is 0.115. The highest BCUT2D eigenvalue weighted by atomic mass is 19.1. The van der Waals surface area contributed by atoms with E-state index >= 15 is 0 Å². The van der Waals surface area contributed by atoms with Gasteiger partial charge in [0.2, 0.25) is 0 Å². The number of methoxy groups -OCH3 is 1. The number of hydrogen-bond donors (Lipinski definition) is 2. The predicted molar refractivity (Wildman–Crippen MR) is 91.7 cm³/mol. The number of aromatic nitrogens is 1. The maximum Gasteiger partial charge on any atom is 0.328 e. The van der Waals surface area contributed by atoms with Crippen molar-refractivity contribution in [1.82, 2.24) is 10.3 Å². The van der Waals surface area contributed by atoms with Crippen LogP contribution in [-0.2, 0) is 16.0 Å². The van der Waals surface area contributed by atoms with Gasteiger partial charge in [0, 0.05) is 23.5 Å². The Labute approximate surface area is 143 Å². The molecule has 6 heteroatoms. The number of rotatable bonds is 5. The summed E-state index contributed by atoms with van der Waals surface area (Å²) in [4.78, 5) is 27.5. The smallest absolute Gasteiger partial charge is 0.328 e. The number of fused-ring (bicyclic) bond motifs is 1. The van der Waals surface area contributed by atoms with Crippen LogP contribution in [0.15, 0.2) is 54.7 Å². The summed E-state index contributed by atoms with van der Waals surface area (Å²) in [5, 5.41) is 3.52. The molecule has 0 saturated carbocycles. The highest BCUT2D eigenvalue weighted by molar-refractivity contribution is 5.97. The minimum atomic E-state index is -0.920. The molecule has 0 saturated heterocycles. The van der Waals surface area contributed by atoms with Crippen LogP contribution in [0.1, 0.15) is 15.9 Å². The van der Waals surface area contributed by atoms with Crippen molar-refractivity contribution in [2.24, 2.45) is 0 Å². The van der Waals surface area contributed by atoms with Crippen molar-refractivity contribution in [1.29, 1.82) is 0 Å². The SMILES string of the molecule is COC(=O)C(Cc1c[nH]c2ccccc12)NC(=O)c1ccccc1F. The molecule has 2 N–H and O–H groups in total. The minimum Gasteiger partial charge on any atom is -0.467 e. The van der Waals surface area contributed by atoms with Crippen LogP contribution < -0.4 is 5.32 Å². The van der Waals surface area contributed by atoms with Crippen molar-refractivity contribution < 1.29 is 18.7 Å². The van der Waals surface area contributed by atoms with Crippen LogP contribution in [0.2, 0.25) is 0 Å². The van der Waals surface area contributed by atoms with Crippen LogP contribution in [0.4, 0.5) is 4.39 Å². The second kappa shape index (κ2) is 7.17. The van der Waals surface area contributed by atoms with Gasteiger partial charge in [0.05, 0.1) is 12.7 Å². The molecular weight excluding hydrogens is 323 g/mol. The first-order chi connectivity index (χ1) is 12.1. The number of carbonyl (C=O) groups is 2. The van der Waals surface area contributed by atoms with Crippen molar-refractivity contribution >= 4 is 22.8 Å². The first-order valence-corrected chi connectivity index (χ1v) is 7.78. The van der Waals surface area contributed by atoms with Crippen molar-refractivity contribution in [2.45, 2.75) is 12.5 Å². The quantitative estimate of drug-likeness (QED) is 0.702.